The molecule has 0 saturated carbocycles. The summed E-state index contributed by atoms with van der Waals surface area (Å²) in [6.07, 6.45) is 7.44. The highest BCUT2D eigenvalue weighted by molar-refractivity contribution is 14.1. The molecule has 0 bridgehead atoms. The number of nitrogens with zero attached hydrogens (tertiary/aromatic N) is 3. The van der Waals surface area contributed by atoms with Crippen LogP contribution in [0.5, 0.6) is 0 Å². The first-order valence-corrected chi connectivity index (χ1v) is 9.39. The van der Waals surface area contributed by atoms with Crippen LogP contribution in [-0.2, 0) is 0 Å². The fourth-order valence-electron chi connectivity index (χ4n) is 3.10. The molecule has 7 heteroatoms. The lowest BCUT2D eigenvalue weighted by Crippen LogP contribution is -2.41. The maximum atomic E-state index is 14.8. The molecule has 1 aromatic carbocycles. The number of carbonyl (C=O) groups is 1. The molecular formula is C18H20FIN4O. The van der Waals surface area contributed by atoms with Crippen LogP contribution in [0, 0.1) is 9.39 Å². The number of amides is 1. The topological polar surface area (TPSA) is 62.5 Å². The van der Waals surface area contributed by atoms with Crippen LogP contribution >= 0.6 is 22.6 Å². The Morgan fingerprint density at radius 2 is 1.88 bits per heavy atom. The van der Waals surface area contributed by atoms with E-state index in [2.05, 4.69) is 32.6 Å². The molecule has 3 rings (SSSR count). The van der Waals surface area contributed by atoms with Crippen molar-refractivity contribution in [2.24, 2.45) is 5.73 Å². The Morgan fingerprint density at radius 3 is 2.52 bits per heavy atom. The molecule has 1 saturated heterocycles. The number of aromatic nitrogens is 1. The summed E-state index contributed by atoms with van der Waals surface area (Å²) < 4.78 is 15.6. The van der Waals surface area contributed by atoms with Gasteiger partial charge in [0.05, 0.1) is 23.1 Å². The van der Waals surface area contributed by atoms with Gasteiger partial charge in [-0.1, -0.05) is 12.8 Å². The van der Waals surface area contributed by atoms with Gasteiger partial charge in [0.2, 0.25) is 0 Å². The second-order valence-electron chi connectivity index (χ2n) is 6.03. The van der Waals surface area contributed by atoms with Gasteiger partial charge in [0.1, 0.15) is 5.82 Å². The van der Waals surface area contributed by atoms with Crippen molar-refractivity contribution in [1.29, 1.82) is 0 Å². The van der Waals surface area contributed by atoms with E-state index in [1.807, 2.05) is 6.07 Å². The number of benzene rings is 1. The predicted octanol–water partition coefficient (Wildman–Crippen LogP) is 3.85. The van der Waals surface area contributed by atoms with Crippen molar-refractivity contribution in [3.8, 4) is 0 Å². The van der Waals surface area contributed by atoms with Crippen LogP contribution < -0.4 is 10.7 Å². The van der Waals surface area contributed by atoms with E-state index in [-0.39, 0.29) is 5.82 Å². The smallest absolute Gasteiger partial charge is 0.250 e. The molecule has 1 fully saturated rings. The summed E-state index contributed by atoms with van der Waals surface area (Å²) in [5, 5.41) is 3.85. The molecule has 0 unspecified atom stereocenters. The predicted molar refractivity (Wildman–Crippen MR) is 104 cm³/mol. The second-order valence-corrected chi connectivity index (χ2v) is 7.28. The number of anilines is 2. The summed E-state index contributed by atoms with van der Waals surface area (Å²) in [6.45, 7) is 1.58. The van der Waals surface area contributed by atoms with E-state index in [0.29, 0.717) is 16.9 Å². The number of rotatable bonds is 4. The van der Waals surface area contributed by atoms with Crippen LogP contribution in [0.1, 0.15) is 36.0 Å². The number of hydrogen-bond acceptors (Lipinski definition) is 4. The summed E-state index contributed by atoms with van der Waals surface area (Å²) in [5.41, 5.74) is 6.79. The molecule has 0 spiro atoms. The summed E-state index contributed by atoms with van der Waals surface area (Å²) >= 11 is 2.08. The largest absolute Gasteiger partial charge is 0.366 e. The zero-order valence-corrected chi connectivity index (χ0v) is 15.9. The normalized spacial score (nSPS) is 15.6. The Balaban J connectivity index is 2.13. The van der Waals surface area contributed by atoms with Gasteiger partial charge < -0.3 is 5.73 Å². The molecule has 2 aromatic rings. The Labute approximate surface area is 160 Å². The monoisotopic (exact) mass is 454 g/mol. The molecule has 0 aliphatic carbocycles. The van der Waals surface area contributed by atoms with Gasteiger partial charge in [-0.05, 0) is 59.7 Å². The van der Waals surface area contributed by atoms with Crippen LogP contribution in [0.15, 0.2) is 36.7 Å². The van der Waals surface area contributed by atoms with Crippen LogP contribution in [0.25, 0.3) is 0 Å². The molecule has 1 aromatic heterocycles. The maximum Gasteiger partial charge on any atom is 0.250 e. The first-order valence-electron chi connectivity index (χ1n) is 8.32. The van der Waals surface area contributed by atoms with Gasteiger partial charge in [-0.25, -0.2) is 9.40 Å². The number of carbonyl (C=O) groups excluding carboxylic acids is 1. The van der Waals surface area contributed by atoms with E-state index in [0.717, 1.165) is 42.3 Å². The van der Waals surface area contributed by atoms with E-state index in [1.54, 1.807) is 23.3 Å². The van der Waals surface area contributed by atoms with Crippen molar-refractivity contribution in [1.82, 2.24) is 9.99 Å². The highest BCUT2D eigenvalue weighted by Crippen LogP contribution is 2.33. The van der Waals surface area contributed by atoms with Crippen LogP contribution in [-0.4, -0.2) is 29.0 Å². The van der Waals surface area contributed by atoms with Gasteiger partial charge in [0.25, 0.3) is 5.91 Å². The molecule has 2 heterocycles. The summed E-state index contributed by atoms with van der Waals surface area (Å²) in [4.78, 5) is 16.0. The Morgan fingerprint density at radius 1 is 1.16 bits per heavy atom. The number of nitrogens with two attached hydrogens (primary N) is 1. The van der Waals surface area contributed by atoms with E-state index in [9.17, 15) is 9.18 Å². The minimum atomic E-state index is -0.553. The molecule has 2 N–H and O–H groups in total. The highest BCUT2D eigenvalue weighted by Gasteiger charge is 2.26. The zero-order valence-electron chi connectivity index (χ0n) is 13.8. The maximum absolute atomic E-state index is 14.8. The van der Waals surface area contributed by atoms with Gasteiger partial charge in [0.15, 0.2) is 0 Å². The molecule has 0 radical (unpaired) electrons. The number of pyridine rings is 1. The molecule has 0 atom stereocenters. The van der Waals surface area contributed by atoms with Gasteiger partial charge in [-0.2, -0.15) is 0 Å². The first-order chi connectivity index (χ1) is 12.1. The van der Waals surface area contributed by atoms with Gasteiger partial charge in [-0.15, -0.1) is 0 Å². The number of primary amides is 1. The highest BCUT2D eigenvalue weighted by atomic mass is 127. The van der Waals surface area contributed by atoms with Crippen molar-refractivity contribution in [2.75, 3.05) is 18.1 Å². The van der Waals surface area contributed by atoms with E-state index >= 15 is 0 Å². The average Bonchev–Trinajstić information content (AvgIpc) is 2.87. The van der Waals surface area contributed by atoms with Crippen LogP contribution in [0.3, 0.4) is 0 Å². The Hall–Kier alpha value is -1.74. The lowest BCUT2D eigenvalue weighted by atomic mass is 10.2. The first kappa shape index (κ1) is 18.1. The lowest BCUT2D eigenvalue weighted by Gasteiger charge is -2.36. The second kappa shape index (κ2) is 8.09. The molecule has 1 aliphatic rings. The third-order valence-electron chi connectivity index (χ3n) is 4.30. The third-order valence-corrected chi connectivity index (χ3v) is 4.97. The SMILES string of the molecule is NC(=O)c1ccncc1N(c1ccc(I)cc1F)N1CCCCCC1. The van der Waals surface area contributed by atoms with Crippen molar-refractivity contribution in [3.63, 3.8) is 0 Å². The van der Waals surface area contributed by atoms with Crippen LogP contribution in [0.4, 0.5) is 15.8 Å². The summed E-state index contributed by atoms with van der Waals surface area (Å²) in [7, 11) is 0. The summed E-state index contributed by atoms with van der Waals surface area (Å²) in [5.74, 6) is -0.890. The lowest BCUT2D eigenvalue weighted by molar-refractivity contribution is 0.1000. The Bertz CT molecular complexity index is 762. The van der Waals surface area contributed by atoms with Crippen molar-refractivity contribution >= 4 is 39.9 Å². The zero-order chi connectivity index (χ0) is 17.8. The number of halogens is 2. The van der Waals surface area contributed by atoms with E-state index in [4.69, 9.17) is 5.73 Å². The molecular weight excluding hydrogens is 434 g/mol. The van der Waals surface area contributed by atoms with Crippen molar-refractivity contribution in [3.05, 3.63) is 51.6 Å². The van der Waals surface area contributed by atoms with Crippen LogP contribution in [0.2, 0.25) is 0 Å². The van der Waals surface area contributed by atoms with Gasteiger partial charge >= 0.3 is 0 Å². The minimum Gasteiger partial charge on any atom is -0.366 e. The van der Waals surface area contributed by atoms with E-state index < -0.39 is 5.91 Å². The molecule has 5 nitrogen and oxygen atoms in total. The molecule has 1 aliphatic heterocycles. The number of hydrogen-bond donors (Lipinski definition) is 1. The van der Waals surface area contributed by atoms with Gasteiger partial charge in [-0.3, -0.25) is 14.8 Å². The van der Waals surface area contributed by atoms with E-state index in [1.165, 1.54) is 12.3 Å². The average molecular weight is 454 g/mol. The molecule has 25 heavy (non-hydrogen) atoms. The third kappa shape index (κ3) is 4.09. The fraction of sp³-hybridized carbons (Fsp3) is 0.333. The standard InChI is InChI=1S/C18H20FIN4O/c19-15-11-13(20)5-6-16(15)24(23-9-3-1-2-4-10-23)17-12-22-8-7-14(17)18(21)25/h5-8,11-12H,1-4,9-10H2,(H2,21,25). The minimum absolute atomic E-state index is 0.331. The quantitative estimate of drug-likeness (QED) is 0.714. The Kier molecular flexibility index (Phi) is 5.85. The van der Waals surface area contributed by atoms with Crippen molar-refractivity contribution in [2.45, 2.75) is 25.7 Å². The summed E-state index contributed by atoms with van der Waals surface area (Å²) in [6, 6.07) is 6.65. The molecule has 132 valence electrons. The fourth-order valence-corrected chi connectivity index (χ4v) is 3.56. The number of hydrazine groups is 1. The van der Waals surface area contributed by atoms with Gasteiger partial charge in [0, 0.05) is 22.9 Å². The van der Waals surface area contributed by atoms with Crippen molar-refractivity contribution < 1.29 is 9.18 Å². The molecule has 1 amide bonds.